The monoisotopic (exact) mass is 402 g/mol. The van der Waals surface area contributed by atoms with Crippen molar-refractivity contribution in [3.05, 3.63) is 29.8 Å². The maximum absolute atomic E-state index is 12.8. The fraction of sp³-hybridized carbons (Fsp3) is 0.524. The summed E-state index contributed by atoms with van der Waals surface area (Å²) < 4.78 is 0. The second-order valence-electron chi connectivity index (χ2n) is 7.54. The van der Waals surface area contributed by atoms with Crippen molar-refractivity contribution in [1.82, 2.24) is 16.0 Å². The summed E-state index contributed by atoms with van der Waals surface area (Å²) in [5.74, 6) is -1.08. The highest BCUT2D eigenvalue weighted by atomic mass is 16.3. The smallest absolute Gasteiger partial charge is 0.255 e. The Labute approximate surface area is 171 Å². The largest absolute Gasteiger partial charge is 0.507 e. The van der Waals surface area contributed by atoms with Crippen LogP contribution in [0, 0.1) is 11.3 Å². The van der Waals surface area contributed by atoms with Gasteiger partial charge >= 0.3 is 0 Å². The van der Waals surface area contributed by atoms with E-state index in [0.29, 0.717) is 6.42 Å². The van der Waals surface area contributed by atoms with Crippen LogP contribution in [0.2, 0.25) is 0 Å². The minimum atomic E-state index is -0.755. The van der Waals surface area contributed by atoms with E-state index >= 15 is 0 Å². The van der Waals surface area contributed by atoms with Crippen LogP contribution >= 0.6 is 0 Å². The molecule has 3 amide bonds. The number of phenols is 1. The van der Waals surface area contributed by atoms with E-state index in [9.17, 15) is 19.5 Å². The number of nitrogens with one attached hydrogen (secondary N) is 4. The van der Waals surface area contributed by atoms with Crippen molar-refractivity contribution < 1.29 is 19.5 Å². The summed E-state index contributed by atoms with van der Waals surface area (Å²) in [5, 5.41) is 26.2. The molecule has 0 spiro atoms. The maximum atomic E-state index is 12.8. The standard InChI is InChI=1S/C21H30N4O4/c1-4-17(27)24-19(14-8-7-9-14)21(29)23-13(3)18(12(2)22)25-20(28)15-10-5-6-11-16(15)26/h5-6,10-11,13-14,18-19,22,26H,4,7-9H2,1-3H3,(H,23,29)(H,24,27)(H,25,28). The number of carbonyl (C=O) groups excluding carboxylic acids is 3. The van der Waals surface area contributed by atoms with Crippen LogP contribution in [0.5, 0.6) is 5.75 Å². The summed E-state index contributed by atoms with van der Waals surface area (Å²) in [6, 6.07) is 4.19. The molecule has 0 bridgehead atoms. The van der Waals surface area contributed by atoms with E-state index in [0.717, 1.165) is 19.3 Å². The molecule has 8 nitrogen and oxygen atoms in total. The molecule has 3 unspecified atom stereocenters. The Morgan fingerprint density at radius 3 is 2.34 bits per heavy atom. The molecule has 1 aromatic carbocycles. The molecule has 0 radical (unpaired) electrons. The number of para-hydroxylation sites is 1. The first-order chi connectivity index (χ1) is 13.7. The lowest BCUT2D eigenvalue weighted by atomic mass is 9.79. The van der Waals surface area contributed by atoms with E-state index in [1.54, 1.807) is 32.9 Å². The lowest BCUT2D eigenvalue weighted by molar-refractivity contribution is -0.131. The molecular formula is C21H30N4O4. The summed E-state index contributed by atoms with van der Waals surface area (Å²) >= 11 is 0. The second-order valence-corrected chi connectivity index (χ2v) is 7.54. The van der Waals surface area contributed by atoms with Crippen molar-refractivity contribution in [1.29, 1.82) is 5.41 Å². The maximum Gasteiger partial charge on any atom is 0.255 e. The zero-order valence-corrected chi connectivity index (χ0v) is 17.1. The molecule has 1 saturated carbocycles. The lowest BCUT2D eigenvalue weighted by Crippen LogP contribution is -2.59. The van der Waals surface area contributed by atoms with E-state index in [2.05, 4.69) is 16.0 Å². The van der Waals surface area contributed by atoms with Gasteiger partial charge in [0.2, 0.25) is 11.8 Å². The van der Waals surface area contributed by atoms with Gasteiger partial charge in [0, 0.05) is 12.1 Å². The summed E-state index contributed by atoms with van der Waals surface area (Å²) in [5.41, 5.74) is 0.263. The van der Waals surface area contributed by atoms with Crippen LogP contribution in [-0.4, -0.2) is 46.7 Å². The number of aromatic hydroxyl groups is 1. The molecule has 1 fully saturated rings. The van der Waals surface area contributed by atoms with Crippen LogP contribution in [0.15, 0.2) is 24.3 Å². The van der Waals surface area contributed by atoms with Crippen LogP contribution in [0.25, 0.3) is 0 Å². The highest BCUT2D eigenvalue weighted by Crippen LogP contribution is 2.30. The quantitative estimate of drug-likeness (QED) is 0.403. The number of amides is 3. The minimum absolute atomic E-state index is 0.0971. The molecule has 29 heavy (non-hydrogen) atoms. The van der Waals surface area contributed by atoms with Gasteiger partial charge in [0.1, 0.15) is 11.8 Å². The van der Waals surface area contributed by atoms with E-state index in [1.165, 1.54) is 12.1 Å². The van der Waals surface area contributed by atoms with Gasteiger partial charge in [0.05, 0.1) is 17.6 Å². The summed E-state index contributed by atoms with van der Waals surface area (Å²) in [6.45, 7) is 4.97. The molecule has 1 aliphatic carbocycles. The number of benzene rings is 1. The van der Waals surface area contributed by atoms with Gasteiger partial charge in [-0.15, -0.1) is 0 Å². The Hall–Kier alpha value is -2.90. The Bertz CT molecular complexity index is 776. The first kappa shape index (κ1) is 22.4. The molecular weight excluding hydrogens is 372 g/mol. The van der Waals surface area contributed by atoms with Crippen LogP contribution in [0.3, 0.4) is 0 Å². The topological polar surface area (TPSA) is 131 Å². The molecule has 158 valence electrons. The zero-order chi connectivity index (χ0) is 21.6. The van der Waals surface area contributed by atoms with Crippen molar-refractivity contribution >= 4 is 23.4 Å². The van der Waals surface area contributed by atoms with E-state index in [4.69, 9.17) is 5.41 Å². The van der Waals surface area contributed by atoms with E-state index < -0.39 is 24.0 Å². The van der Waals surface area contributed by atoms with Gasteiger partial charge < -0.3 is 26.5 Å². The molecule has 0 aromatic heterocycles. The van der Waals surface area contributed by atoms with Gasteiger partial charge in [0.15, 0.2) is 0 Å². The predicted molar refractivity (Wildman–Crippen MR) is 110 cm³/mol. The normalized spacial score (nSPS) is 16.7. The third-order valence-electron chi connectivity index (χ3n) is 5.31. The Morgan fingerprint density at radius 2 is 1.83 bits per heavy atom. The van der Waals surface area contributed by atoms with E-state index in [-0.39, 0.29) is 34.8 Å². The first-order valence-corrected chi connectivity index (χ1v) is 9.98. The van der Waals surface area contributed by atoms with Gasteiger partial charge in [-0.1, -0.05) is 25.5 Å². The zero-order valence-electron chi connectivity index (χ0n) is 17.1. The van der Waals surface area contributed by atoms with Gasteiger partial charge in [0.25, 0.3) is 5.91 Å². The van der Waals surface area contributed by atoms with Crippen molar-refractivity contribution in [2.75, 3.05) is 0 Å². The van der Waals surface area contributed by atoms with Crippen LogP contribution in [0.1, 0.15) is 56.8 Å². The molecule has 1 aliphatic rings. The van der Waals surface area contributed by atoms with E-state index in [1.807, 2.05) is 0 Å². The highest BCUT2D eigenvalue weighted by molar-refractivity contribution is 6.00. The molecule has 8 heteroatoms. The molecule has 3 atom stereocenters. The fourth-order valence-electron chi connectivity index (χ4n) is 3.34. The third-order valence-corrected chi connectivity index (χ3v) is 5.31. The van der Waals surface area contributed by atoms with Gasteiger partial charge in [-0.25, -0.2) is 0 Å². The fourth-order valence-corrected chi connectivity index (χ4v) is 3.34. The number of hydrogen-bond acceptors (Lipinski definition) is 5. The SMILES string of the molecule is CCC(=O)NC(C(=O)NC(C)C(NC(=O)c1ccccc1O)C(C)=N)C1CCC1. The van der Waals surface area contributed by atoms with Crippen molar-refractivity contribution in [2.45, 2.75) is 64.6 Å². The van der Waals surface area contributed by atoms with Gasteiger partial charge in [-0.05, 0) is 44.7 Å². The number of phenolic OH excluding ortho intramolecular Hbond substituents is 1. The van der Waals surface area contributed by atoms with Crippen LogP contribution < -0.4 is 16.0 Å². The van der Waals surface area contributed by atoms with Crippen molar-refractivity contribution in [3.63, 3.8) is 0 Å². The highest BCUT2D eigenvalue weighted by Gasteiger charge is 2.35. The molecule has 0 saturated heterocycles. The predicted octanol–water partition coefficient (Wildman–Crippen LogP) is 1.73. The summed E-state index contributed by atoms with van der Waals surface area (Å²) in [4.78, 5) is 37.2. The lowest BCUT2D eigenvalue weighted by Gasteiger charge is -2.35. The first-order valence-electron chi connectivity index (χ1n) is 9.98. The molecule has 0 aliphatic heterocycles. The molecule has 2 rings (SSSR count). The molecule has 5 N–H and O–H groups in total. The van der Waals surface area contributed by atoms with Crippen LogP contribution in [0.4, 0.5) is 0 Å². The number of carbonyl (C=O) groups is 3. The Kier molecular flexibility index (Phi) is 7.75. The van der Waals surface area contributed by atoms with Gasteiger partial charge in [-0.3, -0.25) is 14.4 Å². The molecule has 1 aromatic rings. The average Bonchev–Trinajstić information content (AvgIpc) is 2.63. The van der Waals surface area contributed by atoms with Crippen LogP contribution in [-0.2, 0) is 9.59 Å². The number of rotatable bonds is 9. The van der Waals surface area contributed by atoms with Crippen molar-refractivity contribution in [2.24, 2.45) is 5.92 Å². The average molecular weight is 402 g/mol. The summed E-state index contributed by atoms with van der Waals surface area (Å²) in [6.07, 6.45) is 3.09. The van der Waals surface area contributed by atoms with Crippen molar-refractivity contribution in [3.8, 4) is 5.75 Å². The Balaban J connectivity index is 2.07. The minimum Gasteiger partial charge on any atom is -0.507 e. The second kappa shape index (κ2) is 10.0. The number of hydrogen-bond donors (Lipinski definition) is 5. The third kappa shape index (κ3) is 5.79. The molecule has 0 heterocycles. The Morgan fingerprint density at radius 1 is 1.17 bits per heavy atom. The van der Waals surface area contributed by atoms with Gasteiger partial charge in [-0.2, -0.15) is 0 Å². The summed E-state index contributed by atoms with van der Waals surface area (Å²) in [7, 11) is 0.